The number of hydrogen-bond acceptors (Lipinski definition) is 5. The first kappa shape index (κ1) is 12.6. The topological polar surface area (TPSA) is 69.6 Å². The van der Waals surface area contributed by atoms with E-state index in [2.05, 4.69) is 39.8 Å². The van der Waals surface area contributed by atoms with Gasteiger partial charge in [-0.3, -0.25) is 0 Å². The maximum absolute atomic E-state index is 5.88. The summed E-state index contributed by atoms with van der Waals surface area (Å²) >= 11 is 1.70. The fraction of sp³-hybridized carbons (Fsp3) is 0.462. The van der Waals surface area contributed by atoms with E-state index < -0.39 is 0 Å². The third kappa shape index (κ3) is 2.96. The fourth-order valence-corrected chi connectivity index (χ4v) is 3.12. The van der Waals surface area contributed by atoms with E-state index in [1.165, 1.54) is 18.4 Å². The molecular formula is C13H17N5S. The number of rotatable bonds is 6. The molecule has 0 bridgehead atoms. The zero-order valence-corrected chi connectivity index (χ0v) is 11.5. The summed E-state index contributed by atoms with van der Waals surface area (Å²) in [7, 11) is 0. The van der Waals surface area contributed by atoms with Gasteiger partial charge in [0.05, 0.1) is 6.04 Å². The summed E-state index contributed by atoms with van der Waals surface area (Å²) in [6, 6.07) is 10.9. The molecule has 0 amide bonds. The lowest BCUT2D eigenvalue weighted by Crippen LogP contribution is -2.15. The van der Waals surface area contributed by atoms with Crippen LogP contribution in [0, 0.1) is 0 Å². The maximum Gasteiger partial charge on any atom is 0.209 e. The Morgan fingerprint density at radius 1 is 1.32 bits per heavy atom. The Morgan fingerprint density at radius 3 is 2.79 bits per heavy atom. The van der Waals surface area contributed by atoms with Crippen LogP contribution < -0.4 is 5.73 Å². The number of nitrogens with two attached hydrogens (primary N) is 1. The average Bonchev–Trinajstić information content (AvgIpc) is 3.20. The summed E-state index contributed by atoms with van der Waals surface area (Å²) < 4.78 is 1.95. The van der Waals surface area contributed by atoms with E-state index in [-0.39, 0.29) is 0 Å². The highest BCUT2D eigenvalue weighted by Gasteiger charge is 2.28. The zero-order valence-electron chi connectivity index (χ0n) is 10.6. The molecule has 1 atom stereocenters. The summed E-state index contributed by atoms with van der Waals surface area (Å²) in [4.78, 5) is 0. The van der Waals surface area contributed by atoms with Gasteiger partial charge in [0.15, 0.2) is 0 Å². The van der Waals surface area contributed by atoms with Crippen molar-refractivity contribution in [3.63, 3.8) is 0 Å². The lowest BCUT2D eigenvalue weighted by Gasteiger charge is -2.14. The number of aromatic nitrogens is 4. The van der Waals surface area contributed by atoms with Crippen LogP contribution in [-0.2, 0) is 0 Å². The quantitative estimate of drug-likeness (QED) is 0.815. The first-order chi connectivity index (χ1) is 9.38. The Bertz CT molecular complexity index is 523. The maximum atomic E-state index is 5.88. The second-order valence-electron chi connectivity index (χ2n) is 4.79. The van der Waals surface area contributed by atoms with E-state index in [1.807, 2.05) is 10.7 Å². The number of tetrazole rings is 1. The second kappa shape index (κ2) is 5.71. The van der Waals surface area contributed by atoms with Gasteiger partial charge in [0.25, 0.3) is 0 Å². The van der Waals surface area contributed by atoms with E-state index in [1.54, 1.807) is 11.8 Å². The molecule has 1 saturated carbocycles. The first-order valence-corrected chi connectivity index (χ1v) is 7.52. The zero-order chi connectivity index (χ0) is 13.1. The molecule has 0 saturated heterocycles. The average molecular weight is 275 g/mol. The van der Waals surface area contributed by atoms with Crippen LogP contribution in [0.1, 0.15) is 30.4 Å². The molecule has 1 aromatic carbocycles. The molecule has 1 aromatic heterocycles. The minimum atomic E-state index is 0.343. The second-order valence-corrected chi connectivity index (χ2v) is 5.78. The van der Waals surface area contributed by atoms with E-state index in [9.17, 15) is 0 Å². The van der Waals surface area contributed by atoms with E-state index in [0.717, 1.165) is 10.9 Å². The molecule has 1 aliphatic rings. The molecular weight excluding hydrogens is 258 g/mol. The van der Waals surface area contributed by atoms with Crippen molar-refractivity contribution in [1.29, 1.82) is 0 Å². The van der Waals surface area contributed by atoms with E-state index >= 15 is 0 Å². The molecule has 3 rings (SSSR count). The third-order valence-electron chi connectivity index (χ3n) is 3.32. The van der Waals surface area contributed by atoms with E-state index in [0.29, 0.717) is 18.5 Å². The van der Waals surface area contributed by atoms with Crippen LogP contribution in [-0.4, -0.2) is 32.5 Å². The van der Waals surface area contributed by atoms with Gasteiger partial charge in [-0.15, -0.1) is 5.10 Å². The van der Waals surface area contributed by atoms with Gasteiger partial charge in [0.2, 0.25) is 5.16 Å². The molecule has 5 nitrogen and oxygen atoms in total. The predicted molar refractivity (Wildman–Crippen MR) is 75.0 cm³/mol. The summed E-state index contributed by atoms with van der Waals surface area (Å²) in [5, 5.41) is 12.8. The predicted octanol–water partition coefficient (Wildman–Crippen LogP) is 1.84. The monoisotopic (exact) mass is 275 g/mol. The number of nitrogens with zero attached hydrogens (tertiary/aromatic N) is 4. The van der Waals surface area contributed by atoms with Gasteiger partial charge in [-0.25, -0.2) is 4.68 Å². The summed E-state index contributed by atoms with van der Waals surface area (Å²) in [5.74, 6) is 1.25. The van der Waals surface area contributed by atoms with Gasteiger partial charge in [0.1, 0.15) is 0 Å². The van der Waals surface area contributed by atoms with Crippen molar-refractivity contribution in [3.8, 4) is 0 Å². The lowest BCUT2D eigenvalue weighted by atomic mass is 10.0. The van der Waals surface area contributed by atoms with Crippen LogP contribution in [0.3, 0.4) is 0 Å². The SMILES string of the molecule is NCC(CSc1nnnn1C1CC1)c1ccccc1. The van der Waals surface area contributed by atoms with Gasteiger partial charge in [-0.05, 0) is 35.4 Å². The lowest BCUT2D eigenvalue weighted by molar-refractivity contribution is 0.565. The van der Waals surface area contributed by atoms with E-state index in [4.69, 9.17) is 5.73 Å². The Morgan fingerprint density at radius 2 is 2.11 bits per heavy atom. The van der Waals surface area contributed by atoms with Crippen molar-refractivity contribution in [2.24, 2.45) is 5.73 Å². The minimum Gasteiger partial charge on any atom is -0.330 e. The van der Waals surface area contributed by atoms with Crippen molar-refractivity contribution in [3.05, 3.63) is 35.9 Å². The fourth-order valence-electron chi connectivity index (χ4n) is 2.03. The van der Waals surface area contributed by atoms with Crippen LogP contribution in [0.5, 0.6) is 0 Å². The molecule has 1 heterocycles. The van der Waals surface area contributed by atoms with Crippen LogP contribution >= 0.6 is 11.8 Å². The molecule has 19 heavy (non-hydrogen) atoms. The molecule has 100 valence electrons. The van der Waals surface area contributed by atoms with Gasteiger partial charge in [-0.1, -0.05) is 42.1 Å². The van der Waals surface area contributed by atoms with Crippen molar-refractivity contribution in [1.82, 2.24) is 20.2 Å². The smallest absolute Gasteiger partial charge is 0.209 e. The van der Waals surface area contributed by atoms with Crippen molar-refractivity contribution < 1.29 is 0 Å². The molecule has 0 aliphatic heterocycles. The Hall–Kier alpha value is -1.40. The molecule has 6 heteroatoms. The summed E-state index contributed by atoms with van der Waals surface area (Å²) in [6.45, 7) is 0.641. The van der Waals surface area contributed by atoms with Crippen LogP contribution in [0.25, 0.3) is 0 Å². The highest BCUT2D eigenvalue weighted by molar-refractivity contribution is 7.99. The van der Waals surface area contributed by atoms with Crippen molar-refractivity contribution in [2.45, 2.75) is 30.0 Å². The number of benzene rings is 1. The highest BCUT2D eigenvalue weighted by Crippen LogP contribution is 2.37. The third-order valence-corrected chi connectivity index (χ3v) is 4.42. The molecule has 0 radical (unpaired) electrons. The van der Waals surface area contributed by atoms with Crippen LogP contribution in [0.2, 0.25) is 0 Å². The molecule has 2 aromatic rings. The Balaban J connectivity index is 1.65. The molecule has 0 spiro atoms. The Kier molecular flexibility index (Phi) is 3.79. The largest absolute Gasteiger partial charge is 0.330 e. The molecule has 1 fully saturated rings. The minimum absolute atomic E-state index is 0.343. The highest BCUT2D eigenvalue weighted by atomic mass is 32.2. The molecule has 1 aliphatic carbocycles. The standard InChI is InChI=1S/C13H17N5S/c14-8-11(10-4-2-1-3-5-10)9-19-13-15-16-17-18(13)12-6-7-12/h1-5,11-12H,6-9,14H2. The van der Waals surface area contributed by atoms with Crippen LogP contribution in [0.4, 0.5) is 0 Å². The number of thioether (sulfide) groups is 1. The normalized spacial score (nSPS) is 16.5. The van der Waals surface area contributed by atoms with Crippen molar-refractivity contribution >= 4 is 11.8 Å². The van der Waals surface area contributed by atoms with Crippen LogP contribution in [0.15, 0.2) is 35.5 Å². The molecule has 2 N–H and O–H groups in total. The van der Waals surface area contributed by atoms with Crippen molar-refractivity contribution in [2.75, 3.05) is 12.3 Å². The summed E-state index contributed by atoms with van der Waals surface area (Å²) in [6.07, 6.45) is 2.38. The molecule has 1 unspecified atom stereocenters. The summed E-state index contributed by atoms with van der Waals surface area (Å²) in [5.41, 5.74) is 7.16. The van der Waals surface area contributed by atoms with Gasteiger partial charge < -0.3 is 5.73 Å². The van der Waals surface area contributed by atoms with Gasteiger partial charge in [-0.2, -0.15) is 0 Å². The Labute approximate surface area is 116 Å². The van der Waals surface area contributed by atoms with Gasteiger partial charge >= 0.3 is 0 Å². The van der Waals surface area contributed by atoms with Gasteiger partial charge in [0, 0.05) is 11.7 Å². The number of hydrogen-bond donors (Lipinski definition) is 1. The first-order valence-electron chi connectivity index (χ1n) is 6.54.